The molecule has 0 unspecified atom stereocenters. The van der Waals surface area contributed by atoms with Gasteiger partial charge in [0.2, 0.25) is 0 Å². The molecule has 4 rings (SSSR count). The first-order chi connectivity index (χ1) is 13.7. The number of amides is 3. The maximum Gasteiger partial charge on any atom is 0.322 e. The van der Waals surface area contributed by atoms with Gasteiger partial charge in [-0.3, -0.25) is 4.79 Å². The molecule has 2 heterocycles. The molecule has 6 heteroatoms. The zero-order valence-corrected chi connectivity index (χ0v) is 16.1. The van der Waals surface area contributed by atoms with Crippen molar-refractivity contribution in [2.24, 2.45) is 5.92 Å². The minimum atomic E-state index is -0.0604. The standard InChI is InChI=1S/C22H26N4O2/c1-2-25(19-6-4-3-5-7-19)21(27)16-8-10-18(11-9-16)24-22(28)26-13-12-17-14-23-15-20(17)26/h3-11,17,20,23H,2,12-15H2,1H3,(H,24,28)/t17-,20+/m1/s1. The van der Waals surface area contributed by atoms with Crippen molar-refractivity contribution in [2.75, 3.05) is 36.4 Å². The first kappa shape index (κ1) is 18.5. The number of nitrogens with zero attached hydrogens (tertiary/aromatic N) is 2. The summed E-state index contributed by atoms with van der Waals surface area (Å²) in [6.45, 7) is 5.23. The van der Waals surface area contributed by atoms with Crippen molar-refractivity contribution in [1.29, 1.82) is 0 Å². The minimum absolute atomic E-state index is 0.0500. The molecule has 2 aliphatic rings. The molecule has 28 heavy (non-hydrogen) atoms. The molecule has 6 nitrogen and oxygen atoms in total. The molecule has 0 spiro atoms. The van der Waals surface area contributed by atoms with E-state index in [-0.39, 0.29) is 11.9 Å². The van der Waals surface area contributed by atoms with Gasteiger partial charge in [0, 0.05) is 49.2 Å². The Balaban J connectivity index is 1.42. The van der Waals surface area contributed by atoms with E-state index >= 15 is 0 Å². The molecular weight excluding hydrogens is 352 g/mol. The molecule has 2 atom stereocenters. The van der Waals surface area contributed by atoms with Gasteiger partial charge in [-0.15, -0.1) is 0 Å². The summed E-state index contributed by atoms with van der Waals surface area (Å²) < 4.78 is 0. The third-order valence-corrected chi connectivity index (χ3v) is 5.72. The Morgan fingerprint density at radius 1 is 1.11 bits per heavy atom. The van der Waals surface area contributed by atoms with Crippen LogP contribution in [0.25, 0.3) is 0 Å². The summed E-state index contributed by atoms with van der Waals surface area (Å²) in [7, 11) is 0. The van der Waals surface area contributed by atoms with E-state index in [2.05, 4.69) is 10.6 Å². The molecule has 0 saturated carbocycles. The summed E-state index contributed by atoms with van der Waals surface area (Å²) in [5.41, 5.74) is 2.18. The molecule has 0 bridgehead atoms. The van der Waals surface area contributed by atoms with Crippen molar-refractivity contribution < 1.29 is 9.59 Å². The molecule has 0 aromatic heterocycles. The summed E-state index contributed by atoms with van der Waals surface area (Å²) in [4.78, 5) is 29.2. The molecule has 2 aromatic carbocycles. The number of rotatable bonds is 4. The van der Waals surface area contributed by atoms with E-state index in [1.807, 2.05) is 42.2 Å². The Morgan fingerprint density at radius 3 is 2.57 bits per heavy atom. The van der Waals surface area contributed by atoms with E-state index in [1.54, 1.807) is 29.2 Å². The Labute approximate surface area is 165 Å². The van der Waals surface area contributed by atoms with Crippen LogP contribution >= 0.6 is 0 Å². The van der Waals surface area contributed by atoms with Crippen LogP contribution in [0.3, 0.4) is 0 Å². The highest BCUT2D eigenvalue weighted by Gasteiger charge is 2.39. The molecule has 2 fully saturated rings. The smallest absolute Gasteiger partial charge is 0.320 e. The van der Waals surface area contributed by atoms with Crippen LogP contribution in [0.2, 0.25) is 0 Å². The number of likely N-dealkylation sites (tertiary alicyclic amines) is 1. The minimum Gasteiger partial charge on any atom is -0.320 e. The lowest BCUT2D eigenvalue weighted by atomic mass is 10.1. The van der Waals surface area contributed by atoms with E-state index in [0.29, 0.717) is 29.8 Å². The largest absolute Gasteiger partial charge is 0.322 e. The van der Waals surface area contributed by atoms with Crippen LogP contribution in [-0.2, 0) is 0 Å². The fourth-order valence-electron chi connectivity index (χ4n) is 4.20. The fraction of sp³-hybridized carbons (Fsp3) is 0.364. The third kappa shape index (κ3) is 3.60. The highest BCUT2D eigenvalue weighted by molar-refractivity contribution is 6.06. The number of para-hydroxylation sites is 1. The van der Waals surface area contributed by atoms with Gasteiger partial charge < -0.3 is 20.4 Å². The Kier molecular flexibility index (Phi) is 5.30. The van der Waals surface area contributed by atoms with Gasteiger partial charge in [0.05, 0.1) is 0 Å². The van der Waals surface area contributed by atoms with Crippen molar-refractivity contribution >= 4 is 23.3 Å². The van der Waals surface area contributed by atoms with Crippen LogP contribution in [-0.4, -0.2) is 49.1 Å². The van der Waals surface area contributed by atoms with Crippen molar-refractivity contribution in [1.82, 2.24) is 10.2 Å². The van der Waals surface area contributed by atoms with Crippen LogP contribution in [0, 0.1) is 5.92 Å². The number of carbonyl (C=O) groups is 2. The molecule has 2 N–H and O–H groups in total. The van der Waals surface area contributed by atoms with E-state index in [9.17, 15) is 9.59 Å². The lowest BCUT2D eigenvalue weighted by molar-refractivity contribution is 0.0988. The number of urea groups is 1. The first-order valence-electron chi connectivity index (χ1n) is 9.92. The molecule has 3 amide bonds. The predicted octanol–water partition coefficient (Wildman–Crippen LogP) is 3.18. The second-order valence-electron chi connectivity index (χ2n) is 7.36. The van der Waals surface area contributed by atoms with Gasteiger partial charge in [0.25, 0.3) is 5.91 Å². The van der Waals surface area contributed by atoms with Crippen molar-refractivity contribution in [3.05, 3.63) is 60.2 Å². The summed E-state index contributed by atoms with van der Waals surface area (Å²) in [6, 6.07) is 17.0. The second-order valence-corrected chi connectivity index (χ2v) is 7.36. The molecule has 2 aromatic rings. The quantitative estimate of drug-likeness (QED) is 0.859. The van der Waals surface area contributed by atoms with Gasteiger partial charge in [-0.1, -0.05) is 18.2 Å². The monoisotopic (exact) mass is 378 g/mol. The fourth-order valence-corrected chi connectivity index (χ4v) is 4.20. The normalized spacial score (nSPS) is 20.7. The van der Waals surface area contributed by atoms with Gasteiger partial charge in [-0.05, 0) is 55.7 Å². The molecular formula is C22H26N4O2. The molecule has 146 valence electrons. The third-order valence-electron chi connectivity index (χ3n) is 5.72. The summed E-state index contributed by atoms with van der Waals surface area (Å²) in [5.74, 6) is 0.523. The number of nitrogens with one attached hydrogen (secondary N) is 2. The maximum atomic E-state index is 12.9. The number of hydrogen-bond donors (Lipinski definition) is 2. The average molecular weight is 378 g/mol. The number of carbonyl (C=O) groups excluding carboxylic acids is 2. The van der Waals surface area contributed by atoms with Crippen LogP contribution in [0.1, 0.15) is 23.7 Å². The van der Waals surface area contributed by atoms with E-state index in [4.69, 9.17) is 0 Å². The van der Waals surface area contributed by atoms with Crippen LogP contribution in [0.15, 0.2) is 54.6 Å². The lowest BCUT2D eigenvalue weighted by Crippen LogP contribution is -2.41. The van der Waals surface area contributed by atoms with E-state index < -0.39 is 0 Å². The zero-order chi connectivity index (χ0) is 19.5. The summed E-state index contributed by atoms with van der Waals surface area (Å²) in [5, 5.41) is 6.33. The Morgan fingerprint density at radius 2 is 1.86 bits per heavy atom. The number of anilines is 2. The molecule has 2 aliphatic heterocycles. The number of benzene rings is 2. The summed E-state index contributed by atoms with van der Waals surface area (Å²) >= 11 is 0. The zero-order valence-electron chi connectivity index (χ0n) is 16.1. The van der Waals surface area contributed by atoms with Crippen LogP contribution in [0.5, 0.6) is 0 Å². The number of hydrogen-bond acceptors (Lipinski definition) is 3. The second kappa shape index (κ2) is 8.02. The van der Waals surface area contributed by atoms with Gasteiger partial charge in [-0.2, -0.15) is 0 Å². The lowest BCUT2D eigenvalue weighted by Gasteiger charge is -2.24. The van der Waals surface area contributed by atoms with Crippen LogP contribution < -0.4 is 15.5 Å². The maximum absolute atomic E-state index is 12.9. The van der Waals surface area contributed by atoms with Crippen molar-refractivity contribution in [3.63, 3.8) is 0 Å². The Bertz CT molecular complexity index is 837. The van der Waals surface area contributed by atoms with E-state index in [0.717, 1.165) is 31.7 Å². The molecule has 0 radical (unpaired) electrons. The first-order valence-corrected chi connectivity index (χ1v) is 9.92. The summed E-state index contributed by atoms with van der Waals surface area (Å²) in [6.07, 6.45) is 1.06. The van der Waals surface area contributed by atoms with Crippen molar-refractivity contribution in [3.8, 4) is 0 Å². The van der Waals surface area contributed by atoms with Gasteiger partial charge >= 0.3 is 6.03 Å². The van der Waals surface area contributed by atoms with Gasteiger partial charge in [-0.25, -0.2) is 4.79 Å². The highest BCUT2D eigenvalue weighted by Crippen LogP contribution is 2.27. The Hall–Kier alpha value is -2.86. The predicted molar refractivity (Wildman–Crippen MR) is 111 cm³/mol. The number of fused-ring (bicyclic) bond motifs is 1. The van der Waals surface area contributed by atoms with Crippen molar-refractivity contribution in [2.45, 2.75) is 19.4 Å². The van der Waals surface area contributed by atoms with Gasteiger partial charge in [0.15, 0.2) is 0 Å². The van der Waals surface area contributed by atoms with Gasteiger partial charge in [0.1, 0.15) is 0 Å². The molecule has 2 saturated heterocycles. The topological polar surface area (TPSA) is 64.7 Å². The highest BCUT2D eigenvalue weighted by atomic mass is 16.2. The SMILES string of the molecule is CCN(C(=O)c1ccc(NC(=O)N2CC[C@@H]3CNC[C@@H]32)cc1)c1ccccc1. The van der Waals surface area contributed by atoms with Crippen LogP contribution in [0.4, 0.5) is 16.2 Å². The molecule has 0 aliphatic carbocycles. The van der Waals surface area contributed by atoms with E-state index in [1.165, 1.54) is 0 Å². The average Bonchev–Trinajstić information content (AvgIpc) is 3.33.